The Bertz CT molecular complexity index is 1610. The first-order valence-electron chi connectivity index (χ1n) is 12.4. The van der Waals surface area contributed by atoms with E-state index >= 15 is 0 Å². The van der Waals surface area contributed by atoms with Crippen molar-refractivity contribution in [3.05, 3.63) is 107 Å². The van der Waals surface area contributed by atoms with Crippen molar-refractivity contribution < 1.29 is 13.2 Å². The van der Waals surface area contributed by atoms with Crippen LogP contribution in [-0.2, 0) is 14.8 Å². The molecule has 1 N–H and O–H groups in total. The molecule has 0 aliphatic heterocycles. The fraction of sp³-hybridized carbons (Fsp3) is 0.200. The number of carbonyl (C=O) groups excluding carboxylic acids is 1. The molecule has 1 aromatic heterocycles. The van der Waals surface area contributed by atoms with Gasteiger partial charge in [-0.2, -0.15) is 5.10 Å². The SMILES string of the molecule is CSc1ccc(S(=O)(=O)N(CC(=O)N/N=C/c2cc(C)n(-c3cccc(C)c3)c2C)c2ccc(C)cc2)cc1. The van der Waals surface area contributed by atoms with Crippen molar-refractivity contribution in [2.75, 3.05) is 17.1 Å². The number of hydrazone groups is 1. The zero-order chi connectivity index (χ0) is 28.2. The second-order valence-electron chi connectivity index (χ2n) is 9.32. The summed E-state index contributed by atoms with van der Waals surface area (Å²) in [6, 6.07) is 23.9. The van der Waals surface area contributed by atoms with Crippen molar-refractivity contribution >= 4 is 39.6 Å². The molecule has 4 rings (SSSR count). The highest BCUT2D eigenvalue weighted by Crippen LogP contribution is 2.26. The lowest BCUT2D eigenvalue weighted by atomic mass is 10.2. The summed E-state index contributed by atoms with van der Waals surface area (Å²) in [4.78, 5) is 14.0. The van der Waals surface area contributed by atoms with Gasteiger partial charge < -0.3 is 4.57 Å². The molecule has 0 bridgehead atoms. The van der Waals surface area contributed by atoms with Crippen LogP contribution in [0, 0.1) is 27.7 Å². The molecule has 0 saturated heterocycles. The van der Waals surface area contributed by atoms with Gasteiger partial charge in [-0.25, -0.2) is 13.8 Å². The Hall–Kier alpha value is -3.82. The summed E-state index contributed by atoms with van der Waals surface area (Å²) in [6.07, 6.45) is 3.51. The number of rotatable bonds is 9. The van der Waals surface area contributed by atoms with Gasteiger partial charge in [-0.3, -0.25) is 9.10 Å². The highest BCUT2D eigenvalue weighted by molar-refractivity contribution is 7.98. The number of aromatic nitrogens is 1. The minimum atomic E-state index is -4.00. The van der Waals surface area contributed by atoms with Crippen molar-refractivity contribution in [2.45, 2.75) is 37.5 Å². The van der Waals surface area contributed by atoms with Gasteiger partial charge in [0.25, 0.3) is 15.9 Å². The molecule has 39 heavy (non-hydrogen) atoms. The average Bonchev–Trinajstić information content (AvgIpc) is 3.20. The van der Waals surface area contributed by atoms with Gasteiger partial charge in [0.1, 0.15) is 6.54 Å². The fourth-order valence-electron chi connectivity index (χ4n) is 4.32. The molecule has 0 unspecified atom stereocenters. The third-order valence-electron chi connectivity index (χ3n) is 6.38. The van der Waals surface area contributed by atoms with E-state index in [1.54, 1.807) is 42.6 Å². The van der Waals surface area contributed by atoms with Crippen molar-refractivity contribution in [3.8, 4) is 5.69 Å². The summed E-state index contributed by atoms with van der Waals surface area (Å²) >= 11 is 1.52. The van der Waals surface area contributed by atoms with Crippen LogP contribution in [0.15, 0.2) is 93.8 Å². The van der Waals surface area contributed by atoms with Crippen LogP contribution in [0.2, 0.25) is 0 Å². The fourth-order valence-corrected chi connectivity index (χ4v) is 6.15. The maximum atomic E-state index is 13.6. The van der Waals surface area contributed by atoms with Crippen LogP contribution < -0.4 is 9.73 Å². The zero-order valence-corrected chi connectivity index (χ0v) is 24.3. The normalized spacial score (nSPS) is 11.6. The lowest BCUT2D eigenvalue weighted by Gasteiger charge is -2.24. The largest absolute Gasteiger partial charge is 0.318 e. The quantitative estimate of drug-likeness (QED) is 0.160. The van der Waals surface area contributed by atoms with Gasteiger partial charge in [-0.1, -0.05) is 29.8 Å². The number of aryl methyl sites for hydroxylation is 3. The van der Waals surface area contributed by atoms with E-state index in [0.29, 0.717) is 5.69 Å². The van der Waals surface area contributed by atoms with E-state index in [4.69, 9.17) is 0 Å². The molecule has 202 valence electrons. The van der Waals surface area contributed by atoms with E-state index in [1.165, 1.54) is 11.8 Å². The first-order chi connectivity index (χ1) is 18.6. The Kier molecular flexibility index (Phi) is 8.62. The van der Waals surface area contributed by atoms with Crippen LogP contribution in [0.1, 0.15) is 28.1 Å². The molecule has 0 radical (unpaired) electrons. The number of carbonyl (C=O) groups is 1. The second kappa shape index (κ2) is 11.9. The molecule has 0 aliphatic carbocycles. The van der Waals surface area contributed by atoms with E-state index in [0.717, 1.165) is 43.0 Å². The smallest absolute Gasteiger partial charge is 0.264 e. The molecule has 0 aliphatic rings. The van der Waals surface area contributed by atoms with Crippen LogP contribution in [0.25, 0.3) is 5.69 Å². The first kappa shape index (κ1) is 28.2. The second-order valence-corrected chi connectivity index (χ2v) is 12.1. The van der Waals surface area contributed by atoms with Gasteiger partial charge in [0.15, 0.2) is 0 Å². The van der Waals surface area contributed by atoms with E-state index in [2.05, 4.69) is 34.2 Å². The lowest BCUT2D eigenvalue weighted by molar-refractivity contribution is -0.119. The Morgan fingerprint density at radius 1 is 0.949 bits per heavy atom. The minimum Gasteiger partial charge on any atom is -0.318 e. The summed E-state index contributed by atoms with van der Waals surface area (Å²) < 4.78 is 30.4. The number of hydrogen-bond donors (Lipinski definition) is 1. The first-order valence-corrected chi connectivity index (χ1v) is 15.1. The standard InChI is InChI=1S/C30H32N4O3S2/c1-21-9-11-26(12-10-21)33(39(36,37)29-15-13-28(38-5)14-16-29)20-30(35)32-31-19-25-18-23(3)34(24(25)4)27-8-6-7-22(2)17-27/h6-19H,20H2,1-5H3,(H,32,35)/b31-19+. The highest BCUT2D eigenvalue weighted by Gasteiger charge is 2.27. The monoisotopic (exact) mass is 560 g/mol. The number of nitrogens with zero attached hydrogens (tertiary/aromatic N) is 3. The van der Waals surface area contributed by atoms with Crippen LogP contribution in [0.3, 0.4) is 0 Å². The molecular weight excluding hydrogens is 528 g/mol. The predicted molar refractivity (Wildman–Crippen MR) is 160 cm³/mol. The molecule has 1 heterocycles. The van der Waals surface area contributed by atoms with Crippen LogP contribution in [0.5, 0.6) is 0 Å². The predicted octanol–water partition coefficient (Wildman–Crippen LogP) is 5.78. The number of hydrogen-bond acceptors (Lipinski definition) is 5. The molecule has 3 aromatic carbocycles. The van der Waals surface area contributed by atoms with Gasteiger partial charge in [0, 0.05) is 27.5 Å². The molecule has 4 aromatic rings. The Morgan fingerprint density at radius 2 is 1.64 bits per heavy atom. The lowest BCUT2D eigenvalue weighted by Crippen LogP contribution is -2.39. The number of nitrogens with one attached hydrogen (secondary N) is 1. The van der Waals surface area contributed by atoms with Crippen LogP contribution in [0.4, 0.5) is 5.69 Å². The summed E-state index contributed by atoms with van der Waals surface area (Å²) in [5, 5.41) is 4.14. The summed E-state index contributed by atoms with van der Waals surface area (Å²) in [5.74, 6) is -0.552. The van der Waals surface area contributed by atoms with Crippen LogP contribution >= 0.6 is 11.8 Å². The van der Waals surface area contributed by atoms with E-state index in [9.17, 15) is 13.2 Å². The third kappa shape index (κ3) is 6.43. The van der Waals surface area contributed by atoms with Gasteiger partial charge >= 0.3 is 0 Å². The summed E-state index contributed by atoms with van der Waals surface area (Å²) in [6.45, 7) is 7.55. The molecule has 7 nitrogen and oxygen atoms in total. The molecule has 0 spiro atoms. The molecule has 9 heteroatoms. The van der Waals surface area contributed by atoms with Crippen molar-refractivity contribution in [1.82, 2.24) is 9.99 Å². The summed E-state index contributed by atoms with van der Waals surface area (Å²) in [7, 11) is -4.00. The summed E-state index contributed by atoms with van der Waals surface area (Å²) in [5.41, 5.74) is 8.97. The molecule has 0 fully saturated rings. The van der Waals surface area contributed by atoms with Crippen molar-refractivity contribution in [1.29, 1.82) is 0 Å². The third-order valence-corrected chi connectivity index (χ3v) is 8.91. The molecule has 1 amide bonds. The number of benzene rings is 3. The zero-order valence-electron chi connectivity index (χ0n) is 22.7. The average molecular weight is 561 g/mol. The van der Waals surface area contributed by atoms with E-state index in [1.807, 2.05) is 57.4 Å². The van der Waals surface area contributed by atoms with Gasteiger partial charge in [0.05, 0.1) is 16.8 Å². The number of amides is 1. The van der Waals surface area contributed by atoms with Crippen molar-refractivity contribution in [2.24, 2.45) is 5.10 Å². The maximum Gasteiger partial charge on any atom is 0.264 e. The molecular formula is C30H32N4O3S2. The van der Waals surface area contributed by atoms with Crippen molar-refractivity contribution in [3.63, 3.8) is 0 Å². The maximum absolute atomic E-state index is 13.6. The van der Waals surface area contributed by atoms with E-state index < -0.39 is 22.5 Å². The highest BCUT2D eigenvalue weighted by atomic mass is 32.2. The van der Waals surface area contributed by atoms with Gasteiger partial charge in [-0.05, 0) is 94.1 Å². The number of thioether (sulfide) groups is 1. The molecule has 0 atom stereocenters. The Balaban J connectivity index is 1.55. The topological polar surface area (TPSA) is 83.8 Å². The number of sulfonamides is 1. The Morgan fingerprint density at radius 3 is 2.28 bits per heavy atom. The number of anilines is 1. The molecule has 0 saturated carbocycles. The minimum absolute atomic E-state index is 0.112. The van der Waals surface area contributed by atoms with Gasteiger partial charge in [-0.15, -0.1) is 11.8 Å². The van der Waals surface area contributed by atoms with Gasteiger partial charge in [0.2, 0.25) is 0 Å². The Labute approximate surface area is 234 Å². The van der Waals surface area contributed by atoms with Crippen LogP contribution in [-0.4, -0.2) is 37.9 Å². The van der Waals surface area contributed by atoms with E-state index in [-0.39, 0.29) is 4.90 Å².